The second-order valence-electron chi connectivity index (χ2n) is 7.07. The van der Waals surface area contributed by atoms with Crippen molar-refractivity contribution in [3.63, 3.8) is 0 Å². The Morgan fingerprint density at radius 1 is 1.24 bits per heavy atom. The normalized spacial score (nSPS) is 18.4. The third-order valence-electron chi connectivity index (χ3n) is 4.56. The minimum atomic E-state index is 0. The van der Waals surface area contributed by atoms with Crippen molar-refractivity contribution in [2.75, 3.05) is 60.2 Å². The Balaban J connectivity index is 0.00000576. The number of halogens is 1. The van der Waals surface area contributed by atoms with Gasteiger partial charge in [-0.2, -0.15) is 0 Å². The van der Waals surface area contributed by atoms with Crippen molar-refractivity contribution in [1.82, 2.24) is 15.1 Å². The Kier molecular flexibility index (Phi) is 13.9. The molecule has 1 saturated heterocycles. The first-order chi connectivity index (χ1) is 11.5. The fourth-order valence-corrected chi connectivity index (χ4v) is 3.30. The van der Waals surface area contributed by atoms with E-state index in [9.17, 15) is 0 Å². The van der Waals surface area contributed by atoms with Gasteiger partial charge < -0.3 is 19.7 Å². The fourth-order valence-electron chi connectivity index (χ4n) is 3.30. The van der Waals surface area contributed by atoms with Gasteiger partial charge in [0, 0.05) is 58.3 Å². The lowest BCUT2D eigenvalue weighted by molar-refractivity contribution is 0.0536. The highest BCUT2D eigenvalue weighted by Crippen LogP contribution is 2.16. The maximum Gasteiger partial charge on any atom is 0.193 e. The maximum absolute atomic E-state index is 5.67. The standard InChI is InChI=1S/C18H38N4O2.HI/c1-15(2)22(16(3)4)10-8-20-18(19-5)21-9-7-17(13-21)14-24-12-11-23-6;/h15-17H,7-14H2,1-6H3,(H,19,20);1H. The number of aliphatic imine (C=N–C) groups is 1. The van der Waals surface area contributed by atoms with Gasteiger partial charge >= 0.3 is 0 Å². The lowest BCUT2D eigenvalue weighted by Crippen LogP contribution is -2.46. The molecule has 1 fully saturated rings. The van der Waals surface area contributed by atoms with Crippen LogP contribution in [0.25, 0.3) is 0 Å². The molecule has 0 amide bonds. The number of rotatable bonds is 10. The summed E-state index contributed by atoms with van der Waals surface area (Å²) >= 11 is 0. The predicted molar refractivity (Wildman–Crippen MR) is 116 cm³/mol. The molecule has 7 heteroatoms. The molecule has 0 aromatic heterocycles. The molecule has 0 aliphatic carbocycles. The monoisotopic (exact) mass is 470 g/mol. The summed E-state index contributed by atoms with van der Waals surface area (Å²) in [6.07, 6.45) is 1.16. The predicted octanol–water partition coefficient (Wildman–Crippen LogP) is 2.28. The van der Waals surface area contributed by atoms with Crippen LogP contribution in [0.4, 0.5) is 0 Å². The molecule has 1 aliphatic heterocycles. The van der Waals surface area contributed by atoms with Gasteiger partial charge in [0.2, 0.25) is 0 Å². The van der Waals surface area contributed by atoms with E-state index in [1.54, 1.807) is 7.11 Å². The van der Waals surface area contributed by atoms with Crippen molar-refractivity contribution in [3.05, 3.63) is 0 Å². The van der Waals surface area contributed by atoms with Crippen molar-refractivity contribution in [1.29, 1.82) is 0 Å². The van der Waals surface area contributed by atoms with Crippen LogP contribution in [0, 0.1) is 5.92 Å². The number of ether oxygens (including phenoxy) is 2. The Bertz CT molecular complexity index is 359. The summed E-state index contributed by atoms with van der Waals surface area (Å²) < 4.78 is 10.7. The van der Waals surface area contributed by atoms with Gasteiger partial charge in [-0.25, -0.2) is 0 Å². The average molecular weight is 470 g/mol. The Morgan fingerprint density at radius 3 is 2.48 bits per heavy atom. The number of hydrogen-bond acceptors (Lipinski definition) is 4. The van der Waals surface area contributed by atoms with Crippen LogP contribution in [0.1, 0.15) is 34.1 Å². The van der Waals surface area contributed by atoms with E-state index < -0.39 is 0 Å². The van der Waals surface area contributed by atoms with Crippen molar-refractivity contribution < 1.29 is 9.47 Å². The van der Waals surface area contributed by atoms with E-state index in [1.165, 1.54) is 0 Å². The molecular weight excluding hydrogens is 431 g/mol. The van der Waals surface area contributed by atoms with E-state index in [1.807, 2.05) is 7.05 Å². The third-order valence-corrected chi connectivity index (χ3v) is 4.56. The highest BCUT2D eigenvalue weighted by Gasteiger charge is 2.25. The van der Waals surface area contributed by atoms with Crippen molar-refractivity contribution >= 4 is 29.9 Å². The maximum atomic E-state index is 5.67. The zero-order valence-electron chi connectivity index (χ0n) is 17.0. The van der Waals surface area contributed by atoms with E-state index in [2.05, 4.69) is 47.8 Å². The number of likely N-dealkylation sites (tertiary alicyclic amines) is 1. The highest BCUT2D eigenvalue weighted by atomic mass is 127. The minimum absolute atomic E-state index is 0. The van der Waals surface area contributed by atoms with Crippen LogP contribution in [0.15, 0.2) is 4.99 Å². The molecule has 0 saturated carbocycles. The molecule has 1 heterocycles. The van der Waals surface area contributed by atoms with Crippen LogP contribution in [-0.4, -0.2) is 88.0 Å². The minimum Gasteiger partial charge on any atom is -0.382 e. The molecular formula is C18H39IN4O2. The molecule has 1 rings (SSSR count). The molecule has 0 radical (unpaired) electrons. The molecule has 25 heavy (non-hydrogen) atoms. The van der Waals surface area contributed by atoms with Gasteiger partial charge in [-0.05, 0) is 34.1 Å². The molecule has 150 valence electrons. The van der Waals surface area contributed by atoms with Crippen LogP contribution in [-0.2, 0) is 9.47 Å². The number of methoxy groups -OCH3 is 1. The molecule has 6 nitrogen and oxygen atoms in total. The molecule has 1 aliphatic rings. The lowest BCUT2D eigenvalue weighted by Gasteiger charge is -2.31. The second kappa shape index (κ2) is 14.0. The Morgan fingerprint density at radius 2 is 1.92 bits per heavy atom. The first-order valence-electron chi connectivity index (χ1n) is 9.27. The number of guanidine groups is 1. The van der Waals surface area contributed by atoms with Crippen LogP contribution in [0.5, 0.6) is 0 Å². The summed E-state index contributed by atoms with van der Waals surface area (Å²) in [6.45, 7) is 15.2. The zero-order chi connectivity index (χ0) is 17.9. The van der Waals surface area contributed by atoms with E-state index in [-0.39, 0.29) is 24.0 Å². The second-order valence-corrected chi connectivity index (χ2v) is 7.07. The van der Waals surface area contributed by atoms with Gasteiger partial charge in [0.05, 0.1) is 19.8 Å². The quantitative estimate of drug-likeness (QED) is 0.230. The molecule has 1 N–H and O–H groups in total. The van der Waals surface area contributed by atoms with Gasteiger partial charge in [-0.3, -0.25) is 9.89 Å². The molecule has 0 spiro atoms. The van der Waals surface area contributed by atoms with Crippen molar-refractivity contribution in [3.8, 4) is 0 Å². The van der Waals surface area contributed by atoms with Crippen LogP contribution >= 0.6 is 24.0 Å². The smallest absolute Gasteiger partial charge is 0.193 e. The summed E-state index contributed by atoms with van der Waals surface area (Å²) in [5.41, 5.74) is 0. The molecule has 1 atom stereocenters. The van der Waals surface area contributed by atoms with Gasteiger partial charge in [0.25, 0.3) is 0 Å². The van der Waals surface area contributed by atoms with Crippen LogP contribution < -0.4 is 5.32 Å². The fraction of sp³-hybridized carbons (Fsp3) is 0.944. The van der Waals surface area contributed by atoms with Crippen LogP contribution in [0.2, 0.25) is 0 Å². The molecule has 1 unspecified atom stereocenters. The average Bonchev–Trinajstić information content (AvgIpc) is 2.99. The largest absolute Gasteiger partial charge is 0.382 e. The summed E-state index contributed by atoms with van der Waals surface area (Å²) in [7, 11) is 3.57. The van der Waals surface area contributed by atoms with E-state index in [4.69, 9.17) is 9.47 Å². The number of hydrogen-bond donors (Lipinski definition) is 1. The molecule has 0 aromatic rings. The summed E-state index contributed by atoms with van der Waals surface area (Å²) in [4.78, 5) is 9.30. The first-order valence-corrected chi connectivity index (χ1v) is 9.27. The highest BCUT2D eigenvalue weighted by molar-refractivity contribution is 14.0. The van der Waals surface area contributed by atoms with Crippen LogP contribution in [0.3, 0.4) is 0 Å². The Labute approximate surface area is 171 Å². The van der Waals surface area contributed by atoms with Crippen molar-refractivity contribution in [2.24, 2.45) is 10.9 Å². The number of nitrogens with zero attached hydrogens (tertiary/aromatic N) is 3. The topological polar surface area (TPSA) is 49.3 Å². The van der Waals surface area contributed by atoms with Gasteiger partial charge in [0.1, 0.15) is 0 Å². The molecule has 0 aromatic carbocycles. The van der Waals surface area contributed by atoms with Crippen molar-refractivity contribution in [2.45, 2.75) is 46.2 Å². The van der Waals surface area contributed by atoms with Gasteiger partial charge in [-0.1, -0.05) is 0 Å². The summed E-state index contributed by atoms with van der Waals surface area (Å²) in [6, 6.07) is 1.13. The van der Waals surface area contributed by atoms with Gasteiger partial charge in [0.15, 0.2) is 5.96 Å². The van der Waals surface area contributed by atoms with E-state index >= 15 is 0 Å². The third kappa shape index (κ3) is 9.40. The van der Waals surface area contributed by atoms with Gasteiger partial charge in [-0.15, -0.1) is 24.0 Å². The number of nitrogens with one attached hydrogen (secondary N) is 1. The summed E-state index contributed by atoms with van der Waals surface area (Å²) in [5.74, 6) is 1.60. The summed E-state index contributed by atoms with van der Waals surface area (Å²) in [5, 5.41) is 3.52. The molecule has 0 bridgehead atoms. The zero-order valence-corrected chi connectivity index (χ0v) is 19.3. The Hall–Kier alpha value is -0.120. The lowest BCUT2D eigenvalue weighted by atomic mass is 10.1. The first kappa shape index (κ1) is 24.9. The van der Waals surface area contributed by atoms with E-state index in [0.717, 1.165) is 45.2 Å². The SMILES string of the molecule is CN=C(NCCN(C(C)C)C(C)C)N1CCC(COCCOC)C1.I. The van der Waals surface area contributed by atoms with E-state index in [0.29, 0.717) is 31.2 Å².